The third kappa shape index (κ3) is 6.97. The Hall–Kier alpha value is -2.49. The molecule has 1 N–H and O–H groups in total. The molecular weight excluding hydrogens is 358 g/mol. The molecule has 0 bridgehead atoms. The van der Waals surface area contributed by atoms with Gasteiger partial charge in [0.05, 0.1) is 7.11 Å². The molecular formula is C23H26ClNO2. The molecule has 0 aliphatic heterocycles. The molecule has 3 aromatic rings. The summed E-state index contributed by atoms with van der Waals surface area (Å²) in [6, 6.07) is 26.7. The monoisotopic (exact) mass is 383 g/mol. The number of methoxy groups -OCH3 is 1. The molecule has 0 heterocycles. The molecule has 3 nitrogen and oxygen atoms in total. The van der Waals surface area contributed by atoms with Crippen LogP contribution in [0.15, 0.2) is 78.9 Å². The first-order valence-electron chi connectivity index (χ1n) is 8.93. The fourth-order valence-electron chi connectivity index (χ4n) is 2.74. The van der Waals surface area contributed by atoms with Crippen molar-refractivity contribution in [2.24, 2.45) is 0 Å². The lowest BCUT2D eigenvalue weighted by Gasteiger charge is -2.09. The summed E-state index contributed by atoms with van der Waals surface area (Å²) >= 11 is 0. The van der Waals surface area contributed by atoms with E-state index in [1.807, 2.05) is 42.5 Å². The highest BCUT2D eigenvalue weighted by Gasteiger charge is 1.99. The lowest BCUT2D eigenvalue weighted by atomic mass is 10.1. The third-order valence-electron chi connectivity index (χ3n) is 4.23. The van der Waals surface area contributed by atoms with Gasteiger partial charge in [-0.15, -0.1) is 12.4 Å². The normalized spacial score (nSPS) is 10.1. The molecule has 27 heavy (non-hydrogen) atoms. The SMILES string of the molecule is COc1ccc(CCNCc2cccc(OCc3ccccc3)c2)cc1.Cl. The van der Waals surface area contributed by atoms with E-state index in [4.69, 9.17) is 9.47 Å². The Bertz CT molecular complexity index is 791. The molecule has 4 heteroatoms. The van der Waals surface area contributed by atoms with Crippen LogP contribution in [0.1, 0.15) is 16.7 Å². The van der Waals surface area contributed by atoms with Crippen molar-refractivity contribution in [3.8, 4) is 11.5 Å². The van der Waals surface area contributed by atoms with E-state index in [1.54, 1.807) is 7.11 Å². The second-order valence-electron chi connectivity index (χ2n) is 6.20. The first-order chi connectivity index (χ1) is 12.8. The van der Waals surface area contributed by atoms with Gasteiger partial charge in [0.2, 0.25) is 0 Å². The average molecular weight is 384 g/mol. The van der Waals surface area contributed by atoms with Gasteiger partial charge in [-0.2, -0.15) is 0 Å². The van der Waals surface area contributed by atoms with Crippen LogP contribution < -0.4 is 14.8 Å². The van der Waals surface area contributed by atoms with E-state index in [-0.39, 0.29) is 12.4 Å². The van der Waals surface area contributed by atoms with Crippen LogP contribution in [0.3, 0.4) is 0 Å². The summed E-state index contributed by atoms with van der Waals surface area (Å²) in [5, 5.41) is 3.49. The lowest BCUT2D eigenvalue weighted by Crippen LogP contribution is -2.16. The molecule has 3 rings (SSSR count). The van der Waals surface area contributed by atoms with Crippen LogP contribution in [-0.2, 0) is 19.6 Å². The zero-order chi connectivity index (χ0) is 18.0. The number of hydrogen-bond donors (Lipinski definition) is 1. The maximum Gasteiger partial charge on any atom is 0.120 e. The Balaban J connectivity index is 0.00000261. The molecule has 0 atom stereocenters. The maximum absolute atomic E-state index is 5.89. The highest BCUT2D eigenvalue weighted by Crippen LogP contribution is 2.15. The quantitative estimate of drug-likeness (QED) is 0.526. The standard InChI is InChI=1S/C23H25NO2.ClH/c1-25-22-12-10-19(11-13-22)14-15-24-17-21-8-5-9-23(16-21)26-18-20-6-3-2-4-7-20;/h2-13,16,24H,14-15,17-18H2,1H3;1H. The van der Waals surface area contributed by atoms with Crippen LogP contribution in [-0.4, -0.2) is 13.7 Å². The van der Waals surface area contributed by atoms with Gasteiger partial charge in [0.25, 0.3) is 0 Å². The van der Waals surface area contributed by atoms with Crippen LogP contribution >= 0.6 is 12.4 Å². The van der Waals surface area contributed by atoms with E-state index in [9.17, 15) is 0 Å². The molecule has 0 unspecified atom stereocenters. The van der Waals surface area contributed by atoms with Crippen molar-refractivity contribution in [1.29, 1.82) is 0 Å². The van der Waals surface area contributed by atoms with Crippen LogP contribution in [0.25, 0.3) is 0 Å². The predicted molar refractivity (Wildman–Crippen MR) is 113 cm³/mol. The second-order valence-corrected chi connectivity index (χ2v) is 6.20. The number of rotatable bonds is 9. The van der Waals surface area contributed by atoms with E-state index in [2.05, 4.69) is 41.7 Å². The van der Waals surface area contributed by atoms with E-state index in [0.29, 0.717) is 6.61 Å². The highest BCUT2D eigenvalue weighted by molar-refractivity contribution is 5.85. The van der Waals surface area contributed by atoms with Crippen molar-refractivity contribution in [2.75, 3.05) is 13.7 Å². The fourth-order valence-corrected chi connectivity index (χ4v) is 2.74. The molecule has 0 saturated heterocycles. The molecule has 0 amide bonds. The summed E-state index contributed by atoms with van der Waals surface area (Å²) in [5.41, 5.74) is 3.71. The summed E-state index contributed by atoms with van der Waals surface area (Å²) in [5.74, 6) is 1.80. The molecule has 0 fully saturated rings. The topological polar surface area (TPSA) is 30.5 Å². The number of nitrogens with one attached hydrogen (secondary N) is 1. The molecule has 0 saturated carbocycles. The number of benzene rings is 3. The second kappa shape index (κ2) is 11.3. The van der Waals surface area contributed by atoms with E-state index in [1.165, 1.54) is 16.7 Å². The van der Waals surface area contributed by atoms with Crippen molar-refractivity contribution in [3.63, 3.8) is 0 Å². The van der Waals surface area contributed by atoms with Gasteiger partial charge >= 0.3 is 0 Å². The molecule has 0 aliphatic carbocycles. The van der Waals surface area contributed by atoms with Gasteiger partial charge < -0.3 is 14.8 Å². The summed E-state index contributed by atoms with van der Waals surface area (Å²) in [6.45, 7) is 2.36. The van der Waals surface area contributed by atoms with Gasteiger partial charge in [-0.3, -0.25) is 0 Å². The van der Waals surface area contributed by atoms with Crippen molar-refractivity contribution >= 4 is 12.4 Å². The van der Waals surface area contributed by atoms with Crippen molar-refractivity contribution in [2.45, 2.75) is 19.6 Å². The summed E-state index contributed by atoms with van der Waals surface area (Å²) in [6.07, 6.45) is 0.994. The lowest BCUT2D eigenvalue weighted by molar-refractivity contribution is 0.306. The number of halogens is 1. The van der Waals surface area contributed by atoms with Crippen molar-refractivity contribution in [1.82, 2.24) is 5.32 Å². The van der Waals surface area contributed by atoms with Crippen LogP contribution in [0.5, 0.6) is 11.5 Å². The zero-order valence-electron chi connectivity index (χ0n) is 15.6. The molecule has 0 aliphatic rings. The number of ether oxygens (including phenoxy) is 2. The predicted octanol–water partition coefficient (Wildman–Crippen LogP) is 5.03. The smallest absolute Gasteiger partial charge is 0.120 e. The van der Waals surface area contributed by atoms with Crippen molar-refractivity contribution in [3.05, 3.63) is 95.6 Å². The molecule has 3 aromatic carbocycles. The Kier molecular flexibility index (Phi) is 8.69. The maximum atomic E-state index is 5.89. The Morgan fingerprint density at radius 3 is 2.22 bits per heavy atom. The Labute approximate surface area is 167 Å². The van der Waals surface area contributed by atoms with E-state index >= 15 is 0 Å². The van der Waals surface area contributed by atoms with Crippen LogP contribution in [0.4, 0.5) is 0 Å². The van der Waals surface area contributed by atoms with Gasteiger partial charge in [0.15, 0.2) is 0 Å². The van der Waals surface area contributed by atoms with Gasteiger partial charge in [-0.25, -0.2) is 0 Å². The summed E-state index contributed by atoms with van der Waals surface area (Å²) in [4.78, 5) is 0. The van der Waals surface area contributed by atoms with Gasteiger partial charge in [0, 0.05) is 6.54 Å². The minimum atomic E-state index is 0. The van der Waals surface area contributed by atoms with Crippen LogP contribution in [0.2, 0.25) is 0 Å². The number of hydrogen-bond acceptors (Lipinski definition) is 3. The Morgan fingerprint density at radius 1 is 0.741 bits per heavy atom. The van der Waals surface area contributed by atoms with E-state index in [0.717, 1.165) is 31.0 Å². The summed E-state index contributed by atoms with van der Waals surface area (Å²) < 4.78 is 11.1. The largest absolute Gasteiger partial charge is 0.497 e. The van der Waals surface area contributed by atoms with Gasteiger partial charge in [-0.1, -0.05) is 54.6 Å². The molecule has 142 valence electrons. The zero-order valence-corrected chi connectivity index (χ0v) is 16.4. The summed E-state index contributed by atoms with van der Waals surface area (Å²) in [7, 11) is 1.69. The third-order valence-corrected chi connectivity index (χ3v) is 4.23. The first-order valence-corrected chi connectivity index (χ1v) is 8.93. The molecule has 0 radical (unpaired) electrons. The molecule has 0 aromatic heterocycles. The van der Waals surface area contributed by atoms with Gasteiger partial charge in [-0.05, 0) is 53.9 Å². The van der Waals surface area contributed by atoms with Crippen LogP contribution in [0, 0.1) is 0 Å². The van der Waals surface area contributed by atoms with Crippen molar-refractivity contribution < 1.29 is 9.47 Å². The first kappa shape index (κ1) is 20.8. The minimum absolute atomic E-state index is 0. The minimum Gasteiger partial charge on any atom is -0.497 e. The highest BCUT2D eigenvalue weighted by atomic mass is 35.5. The molecule has 0 spiro atoms. The van der Waals surface area contributed by atoms with E-state index < -0.39 is 0 Å². The Morgan fingerprint density at radius 2 is 1.48 bits per heavy atom. The van der Waals surface area contributed by atoms with Gasteiger partial charge in [0.1, 0.15) is 18.1 Å². The fraction of sp³-hybridized carbons (Fsp3) is 0.217. The average Bonchev–Trinajstić information content (AvgIpc) is 2.71.